The van der Waals surface area contributed by atoms with Gasteiger partial charge in [-0.25, -0.2) is 0 Å². The molecule has 116 valence electrons. The van der Waals surface area contributed by atoms with E-state index >= 15 is 0 Å². The Morgan fingerprint density at radius 2 is 1.86 bits per heavy atom. The Morgan fingerprint density at radius 1 is 1.24 bits per heavy atom. The molecular weight excluding hydrogens is 290 g/mol. The second-order valence-electron chi connectivity index (χ2n) is 5.22. The Labute approximate surface area is 130 Å². The first-order valence-electron chi connectivity index (χ1n) is 6.99. The largest absolute Gasteiger partial charge is 0.355 e. The molecule has 5 nitrogen and oxygen atoms in total. The number of amides is 2. The van der Waals surface area contributed by atoms with Crippen LogP contribution < -0.4 is 16.4 Å². The van der Waals surface area contributed by atoms with E-state index in [1.54, 1.807) is 24.3 Å². The third-order valence-corrected chi connectivity index (χ3v) is 3.28. The molecule has 0 radical (unpaired) electrons. The average Bonchev–Trinajstić information content (AvgIpc) is 2.45. The highest BCUT2D eigenvalue weighted by Gasteiger charge is 2.16. The van der Waals surface area contributed by atoms with Crippen LogP contribution >= 0.6 is 11.6 Å². The van der Waals surface area contributed by atoms with Gasteiger partial charge in [0.1, 0.15) is 0 Å². The summed E-state index contributed by atoms with van der Waals surface area (Å²) in [6.45, 7) is 4.22. The van der Waals surface area contributed by atoms with Gasteiger partial charge >= 0.3 is 0 Å². The Hall–Kier alpha value is -1.59. The van der Waals surface area contributed by atoms with Crippen LogP contribution in [0.4, 0.5) is 5.69 Å². The van der Waals surface area contributed by atoms with Crippen molar-refractivity contribution >= 4 is 29.1 Å². The van der Waals surface area contributed by atoms with Gasteiger partial charge in [-0.2, -0.15) is 0 Å². The van der Waals surface area contributed by atoms with Crippen molar-refractivity contribution in [2.75, 3.05) is 11.9 Å². The van der Waals surface area contributed by atoms with E-state index in [0.717, 1.165) is 0 Å². The van der Waals surface area contributed by atoms with Crippen LogP contribution in [0, 0.1) is 5.92 Å². The standard InChI is InChI=1S/C15H22ClN3O2/c1-10(2)14(17)15(21)18-9-3-4-13(20)19-12-7-5-11(16)6-8-12/h5-8,10,14H,3-4,9,17H2,1-2H3,(H,18,21)(H,19,20)/t14-/m0/s1. The lowest BCUT2D eigenvalue weighted by atomic mass is 10.1. The number of carbonyl (C=O) groups is 2. The molecule has 0 spiro atoms. The molecule has 0 fully saturated rings. The quantitative estimate of drug-likeness (QED) is 0.675. The van der Waals surface area contributed by atoms with Crippen molar-refractivity contribution < 1.29 is 9.59 Å². The number of nitrogens with one attached hydrogen (secondary N) is 2. The van der Waals surface area contributed by atoms with Crippen LogP contribution in [0.5, 0.6) is 0 Å². The molecule has 1 aromatic carbocycles. The lowest BCUT2D eigenvalue weighted by Crippen LogP contribution is -2.44. The van der Waals surface area contributed by atoms with Gasteiger partial charge in [0.15, 0.2) is 0 Å². The maximum atomic E-state index is 11.7. The number of benzene rings is 1. The fourth-order valence-corrected chi connectivity index (χ4v) is 1.76. The molecule has 0 heterocycles. The summed E-state index contributed by atoms with van der Waals surface area (Å²) < 4.78 is 0. The molecular formula is C15H22ClN3O2. The molecule has 0 saturated heterocycles. The normalized spacial score (nSPS) is 12.0. The molecule has 1 atom stereocenters. The molecule has 0 saturated carbocycles. The molecule has 2 amide bonds. The minimum atomic E-state index is -0.507. The average molecular weight is 312 g/mol. The highest BCUT2D eigenvalue weighted by Crippen LogP contribution is 2.13. The molecule has 21 heavy (non-hydrogen) atoms. The second kappa shape index (κ2) is 8.64. The van der Waals surface area contributed by atoms with Gasteiger partial charge in [0, 0.05) is 23.7 Å². The van der Waals surface area contributed by atoms with Crippen molar-refractivity contribution in [1.82, 2.24) is 5.32 Å². The number of anilines is 1. The Kier molecular flexibility index (Phi) is 7.19. The third-order valence-electron chi connectivity index (χ3n) is 3.03. The van der Waals surface area contributed by atoms with Crippen molar-refractivity contribution in [1.29, 1.82) is 0 Å². The number of hydrogen-bond acceptors (Lipinski definition) is 3. The highest BCUT2D eigenvalue weighted by atomic mass is 35.5. The van der Waals surface area contributed by atoms with Crippen molar-refractivity contribution in [3.63, 3.8) is 0 Å². The number of halogens is 1. The van der Waals surface area contributed by atoms with Crippen LogP contribution in [0.2, 0.25) is 5.02 Å². The van der Waals surface area contributed by atoms with Crippen molar-refractivity contribution in [3.05, 3.63) is 29.3 Å². The summed E-state index contributed by atoms with van der Waals surface area (Å²) in [6.07, 6.45) is 0.899. The van der Waals surface area contributed by atoms with E-state index in [4.69, 9.17) is 17.3 Å². The molecule has 0 aliphatic heterocycles. The zero-order valence-electron chi connectivity index (χ0n) is 12.4. The van der Waals surface area contributed by atoms with Gasteiger partial charge in [-0.05, 0) is 36.6 Å². The smallest absolute Gasteiger partial charge is 0.237 e. The molecule has 0 unspecified atom stereocenters. The van der Waals surface area contributed by atoms with Crippen LogP contribution in [0.15, 0.2) is 24.3 Å². The molecule has 4 N–H and O–H groups in total. The van der Waals surface area contributed by atoms with Crippen LogP contribution in [0.1, 0.15) is 26.7 Å². The summed E-state index contributed by atoms with van der Waals surface area (Å²) in [5.41, 5.74) is 6.42. The fourth-order valence-electron chi connectivity index (χ4n) is 1.64. The molecule has 0 aliphatic rings. The van der Waals surface area contributed by atoms with Gasteiger partial charge in [0.25, 0.3) is 0 Å². The van der Waals surface area contributed by atoms with Gasteiger partial charge in [-0.15, -0.1) is 0 Å². The number of rotatable bonds is 7. The second-order valence-corrected chi connectivity index (χ2v) is 5.66. The predicted octanol–water partition coefficient (Wildman–Crippen LogP) is 2.16. The summed E-state index contributed by atoms with van der Waals surface area (Å²) in [5.74, 6) is -0.180. The van der Waals surface area contributed by atoms with E-state index in [9.17, 15) is 9.59 Å². The molecule has 1 aromatic rings. The Bertz CT molecular complexity index is 474. The SMILES string of the molecule is CC(C)[C@H](N)C(=O)NCCCC(=O)Nc1ccc(Cl)cc1. The van der Waals surface area contributed by atoms with Gasteiger partial charge in [-0.3, -0.25) is 9.59 Å². The van der Waals surface area contributed by atoms with E-state index in [2.05, 4.69) is 10.6 Å². The maximum Gasteiger partial charge on any atom is 0.237 e. The van der Waals surface area contributed by atoms with Crippen LogP contribution in [-0.2, 0) is 9.59 Å². The predicted molar refractivity (Wildman–Crippen MR) is 85.1 cm³/mol. The first-order valence-corrected chi connectivity index (χ1v) is 7.36. The van der Waals surface area contributed by atoms with Crippen LogP contribution in [-0.4, -0.2) is 24.4 Å². The maximum absolute atomic E-state index is 11.7. The summed E-state index contributed by atoms with van der Waals surface area (Å²) >= 11 is 5.76. The Morgan fingerprint density at radius 3 is 2.43 bits per heavy atom. The molecule has 6 heteroatoms. The van der Waals surface area contributed by atoms with E-state index in [-0.39, 0.29) is 17.7 Å². The van der Waals surface area contributed by atoms with E-state index in [0.29, 0.717) is 30.1 Å². The first kappa shape index (κ1) is 17.5. The van der Waals surface area contributed by atoms with Gasteiger partial charge < -0.3 is 16.4 Å². The number of hydrogen-bond donors (Lipinski definition) is 3. The van der Waals surface area contributed by atoms with E-state index < -0.39 is 6.04 Å². The molecule has 0 bridgehead atoms. The molecule has 0 aliphatic carbocycles. The lowest BCUT2D eigenvalue weighted by molar-refractivity contribution is -0.123. The fraction of sp³-hybridized carbons (Fsp3) is 0.467. The first-order chi connectivity index (χ1) is 9.90. The topological polar surface area (TPSA) is 84.2 Å². The molecule has 1 rings (SSSR count). The minimum absolute atomic E-state index is 0.0956. The number of carbonyl (C=O) groups excluding carboxylic acids is 2. The van der Waals surface area contributed by atoms with Crippen molar-refractivity contribution in [2.45, 2.75) is 32.7 Å². The van der Waals surface area contributed by atoms with E-state index in [1.807, 2.05) is 13.8 Å². The molecule has 0 aromatic heterocycles. The van der Waals surface area contributed by atoms with E-state index in [1.165, 1.54) is 0 Å². The summed E-state index contributed by atoms with van der Waals surface area (Å²) in [7, 11) is 0. The summed E-state index contributed by atoms with van der Waals surface area (Å²) in [6, 6.07) is 6.40. The van der Waals surface area contributed by atoms with Crippen molar-refractivity contribution in [2.24, 2.45) is 11.7 Å². The summed E-state index contributed by atoms with van der Waals surface area (Å²) in [5, 5.41) is 6.11. The van der Waals surface area contributed by atoms with Crippen molar-refractivity contribution in [3.8, 4) is 0 Å². The highest BCUT2D eigenvalue weighted by molar-refractivity contribution is 6.30. The zero-order chi connectivity index (χ0) is 15.8. The van der Waals surface area contributed by atoms with Crippen LogP contribution in [0.25, 0.3) is 0 Å². The van der Waals surface area contributed by atoms with Crippen LogP contribution in [0.3, 0.4) is 0 Å². The number of nitrogens with two attached hydrogens (primary N) is 1. The Balaban J connectivity index is 2.22. The third kappa shape index (κ3) is 6.60. The minimum Gasteiger partial charge on any atom is -0.355 e. The van der Waals surface area contributed by atoms with Gasteiger partial charge in [-0.1, -0.05) is 25.4 Å². The van der Waals surface area contributed by atoms with Gasteiger partial charge in [0.2, 0.25) is 11.8 Å². The lowest BCUT2D eigenvalue weighted by Gasteiger charge is -2.15. The monoisotopic (exact) mass is 311 g/mol. The van der Waals surface area contributed by atoms with Gasteiger partial charge in [0.05, 0.1) is 6.04 Å². The zero-order valence-corrected chi connectivity index (χ0v) is 13.1. The summed E-state index contributed by atoms with van der Waals surface area (Å²) in [4.78, 5) is 23.3.